The van der Waals surface area contributed by atoms with Crippen LogP contribution < -0.4 is 16.0 Å². The van der Waals surface area contributed by atoms with Gasteiger partial charge in [0.25, 0.3) is 5.91 Å². The van der Waals surface area contributed by atoms with Crippen LogP contribution in [0, 0.1) is 0 Å². The van der Waals surface area contributed by atoms with E-state index >= 15 is 0 Å². The molecule has 0 aliphatic carbocycles. The SMILES string of the molecule is CC(C)NC(=O)c1cccc(NCCNC(=O)OC(C)(C)C)c1. The molecular formula is C17H27N3O3. The summed E-state index contributed by atoms with van der Waals surface area (Å²) >= 11 is 0. The van der Waals surface area contributed by atoms with Gasteiger partial charge in [0.1, 0.15) is 5.60 Å². The van der Waals surface area contributed by atoms with Gasteiger partial charge in [-0.2, -0.15) is 0 Å². The molecule has 0 unspecified atom stereocenters. The monoisotopic (exact) mass is 321 g/mol. The van der Waals surface area contributed by atoms with Crippen LogP contribution in [0.4, 0.5) is 10.5 Å². The van der Waals surface area contributed by atoms with Crippen molar-refractivity contribution in [1.82, 2.24) is 10.6 Å². The fourth-order valence-electron chi connectivity index (χ4n) is 1.80. The Morgan fingerprint density at radius 3 is 2.48 bits per heavy atom. The van der Waals surface area contributed by atoms with Gasteiger partial charge in [0.05, 0.1) is 0 Å². The zero-order chi connectivity index (χ0) is 17.5. The highest BCUT2D eigenvalue weighted by atomic mass is 16.6. The second-order valence-corrected chi connectivity index (χ2v) is 6.56. The van der Waals surface area contributed by atoms with Crippen molar-refractivity contribution < 1.29 is 14.3 Å². The third-order valence-electron chi connectivity index (χ3n) is 2.67. The maximum atomic E-state index is 11.9. The van der Waals surface area contributed by atoms with Crippen LogP contribution in [0.1, 0.15) is 45.0 Å². The van der Waals surface area contributed by atoms with E-state index in [2.05, 4.69) is 16.0 Å². The van der Waals surface area contributed by atoms with E-state index < -0.39 is 11.7 Å². The number of carbonyl (C=O) groups is 2. The summed E-state index contributed by atoms with van der Waals surface area (Å²) < 4.78 is 5.15. The second kappa shape index (κ2) is 8.41. The molecule has 1 rings (SSSR count). The summed E-state index contributed by atoms with van der Waals surface area (Å²) in [5, 5.41) is 8.68. The molecule has 3 N–H and O–H groups in total. The molecule has 6 nitrogen and oxygen atoms in total. The lowest BCUT2D eigenvalue weighted by atomic mass is 10.2. The Labute approximate surface area is 138 Å². The molecule has 0 spiro atoms. The number of ether oxygens (including phenoxy) is 1. The van der Waals surface area contributed by atoms with Crippen LogP contribution in [0.2, 0.25) is 0 Å². The number of rotatable bonds is 6. The summed E-state index contributed by atoms with van der Waals surface area (Å²) in [6.07, 6.45) is -0.440. The minimum atomic E-state index is -0.504. The molecule has 0 aliphatic rings. The zero-order valence-corrected chi connectivity index (χ0v) is 14.5. The van der Waals surface area contributed by atoms with Gasteiger partial charge in [-0.05, 0) is 52.8 Å². The molecular weight excluding hydrogens is 294 g/mol. The quantitative estimate of drug-likeness (QED) is 0.704. The standard InChI is InChI=1S/C17H27N3O3/c1-12(2)20-15(21)13-7-6-8-14(11-13)18-9-10-19-16(22)23-17(3,4)5/h6-8,11-12,18H,9-10H2,1-5H3,(H,19,22)(H,20,21). The van der Waals surface area contributed by atoms with Crippen molar-refractivity contribution in [3.8, 4) is 0 Å². The van der Waals surface area contributed by atoms with Crippen LogP contribution in [0.15, 0.2) is 24.3 Å². The summed E-state index contributed by atoms with van der Waals surface area (Å²) in [6.45, 7) is 10.3. The molecule has 0 aromatic heterocycles. The first-order valence-corrected chi connectivity index (χ1v) is 7.79. The van der Waals surface area contributed by atoms with Gasteiger partial charge in [-0.15, -0.1) is 0 Å². The first kappa shape index (κ1) is 18.8. The average Bonchev–Trinajstić information content (AvgIpc) is 2.41. The van der Waals surface area contributed by atoms with Gasteiger partial charge >= 0.3 is 6.09 Å². The summed E-state index contributed by atoms with van der Waals surface area (Å²) in [4.78, 5) is 23.4. The lowest BCUT2D eigenvalue weighted by Crippen LogP contribution is -2.35. The van der Waals surface area contributed by atoms with Gasteiger partial charge in [0, 0.05) is 30.4 Å². The van der Waals surface area contributed by atoms with Crippen molar-refractivity contribution in [1.29, 1.82) is 0 Å². The molecule has 0 radical (unpaired) electrons. The van der Waals surface area contributed by atoms with Gasteiger partial charge in [-0.1, -0.05) is 6.07 Å². The van der Waals surface area contributed by atoms with E-state index in [1.54, 1.807) is 12.1 Å². The first-order valence-electron chi connectivity index (χ1n) is 7.79. The second-order valence-electron chi connectivity index (χ2n) is 6.56. The molecule has 0 saturated heterocycles. The smallest absolute Gasteiger partial charge is 0.407 e. The van der Waals surface area contributed by atoms with Crippen molar-refractivity contribution in [3.05, 3.63) is 29.8 Å². The number of anilines is 1. The van der Waals surface area contributed by atoms with E-state index in [0.29, 0.717) is 18.7 Å². The minimum absolute atomic E-state index is 0.0946. The molecule has 0 aliphatic heterocycles. The van der Waals surface area contributed by atoms with Gasteiger partial charge in [-0.25, -0.2) is 4.79 Å². The molecule has 2 amide bonds. The summed E-state index contributed by atoms with van der Waals surface area (Å²) in [6, 6.07) is 7.34. The Morgan fingerprint density at radius 2 is 1.87 bits per heavy atom. The van der Waals surface area contributed by atoms with Crippen LogP contribution in [0.25, 0.3) is 0 Å². The van der Waals surface area contributed by atoms with E-state index in [4.69, 9.17) is 4.74 Å². The topological polar surface area (TPSA) is 79.5 Å². The number of alkyl carbamates (subject to hydrolysis) is 1. The van der Waals surface area contributed by atoms with E-state index in [0.717, 1.165) is 5.69 Å². The van der Waals surface area contributed by atoms with E-state index in [9.17, 15) is 9.59 Å². The van der Waals surface area contributed by atoms with Crippen molar-refractivity contribution in [2.75, 3.05) is 18.4 Å². The highest BCUT2D eigenvalue weighted by Crippen LogP contribution is 2.10. The number of nitrogens with one attached hydrogen (secondary N) is 3. The molecule has 0 fully saturated rings. The molecule has 0 saturated carbocycles. The fraction of sp³-hybridized carbons (Fsp3) is 0.529. The Hall–Kier alpha value is -2.24. The van der Waals surface area contributed by atoms with Gasteiger partial charge in [0.2, 0.25) is 0 Å². The average molecular weight is 321 g/mol. The Morgan fingerprint density at radius 1 is 1.17 bits per heavy atom. The zero-order valence-electron chi connectivity index (χ0n) is 14.5. The van der Waals surface area contributed by atoms with Crippen molar-refractivity contribution in [2.24, 2.45) is 0 Å². The van der Waals surface area contributed by atoms with Crippen LogP contribution in [-0.2, 0) is 4.74 Å². The van der Waals surface area contributed by atoms with E-state index in [1.165, 1.54) is 0 Å². The Kier molecular flexibility index (Phi) is 6.88. The number of carbonyl (C=O) groups excluding carboxylic acids is 2. The molecule has 1 aromatic carbocycles. The predicted octanol–water partition coefficient (Wildman–Crippen LogP) is 2.76. The van der Waals surface area contributed by atoms with Gasteiger partial charge < -0.3 is 20.7 Å². The summed E-state index contributed by atoms with van der Waals surface area (Å²) in [5.41, 5.74) is 0.923. The lowest BCUT2D eigenvalue weighted by Gasteiger charge is -2.19. The molecule has 0 atom stereocenters. The Bertz CT molecular complexity index is 536. The van der Waals surface area contributed by atoms with Crippen LogP contribution >= 0.6 is 0 Å². The number of amides is 2. The maximum absolute atomic E-state index is 11.9. The van der Waals surface area contributed by atoms with Gasteiger partial charge in [-0.3, -0.25) is 4.79 Å². The number of hydrogen-bond donors (Lipinski definition) is 3. The highest BCUT2D eigenvalue weighted by molar-refractivity contribution is 5.95. The lowest BCUT2D eigenvalue weighted by molar-refractivity contribution is 0.0530. The van der Waals surface area contributed by atoms with Crippen molar-refractivity contribution in [3.63, 3.8) is 0 Å². The van der Waals surface area contributed by atoms with E-state index in [-0.39, 0.29) is 11.9 Å². The molecule has 0 bridgehead atoms. The molecule has 1 aromatic rings. The molecule has 0 heterocycles. The predicted molar refractivity (Wildman–Crippen MR) is 91.8 cm³/mol. The van der Waals surface area contributed by atoms with Crippen molar-refractivity contribution in [2.45, 2.75) is 46.3 Å². The minimum Gasteiger partial charge on any atom is -0.444 e. The molecule has 6 heteroatoms. The van der Waals surface area contributed by atoms with Gasteiger partial charge in [0.15, 0.2) is 0 Å². The highest BCUT2D eigenvalue weighted by Gasteiger charge is 2.15. The van der Waals surface area contributed by atoms with Crippen molar-refractivity contribution >= 4 is 17.7 Å². The van der Waals surface area contributed by atoms with Crippen LogP contribution in [0.3, 0.4) is 0 Å². The normalized spacial score (nSPS) is 11.0. The fourth-order valence-corrected chi connectivity index (χ4v) is 1.80. The molecule has 23 heavy (non-hydrogen) atoms. The maximum Gasteiger partial charge on any atom is 0.407 e. The summed E-state index contributed by atoms with van der Waals surface area (Å²) in [5.74, 6) is -0.101. The number of hydrogen-bond acceptors (Lipinski definition) is 4. The first-order chi connectivity index (χ1) is 10.7. The third-order valence-corrected chi connectivity index (χ3v) is 2.67. The summed E-state index contributed by atoms with van der Waals surface area (Å²) in [7, 11) is 0. The van der Waals surface area contributed by atoms with Crippen LogP contribution in [-0.4, -0.2) is 36.7 Å². The third kappa shape index (κ3) is 8.09. The van der Waals surface area contributed by atoms with E-state index in [1.807, 2.05) is 46.8 Å². The largest absolute Gasteiger partial charge is 0.444 e. The Balaban J connectivity index is 2.41. The number of benzene rings is 1. The van der Waals surface area contributed by atoms with Crippen LogP contribution in [0.5, 0.6) is 0 Å². The molecule has 128 valence electrons.